The van der Waals surface area contributed by atoms with E-state index in [4.69, 9.17) is 20.2 Å². The minimum Gasteiger partial charge on any atom is -0.233 e. The molecule has 48 heavy (non-hydrogen) atoms. The van der Waals surface area contributed by atoms with Crippen LogP contribution < -0.4 is 0 Å². The first-order chi connectivity index (χ1) is 23.6. The third-order valence-corrected chi connectivity index (χ3v) is 8.62. The van der Waals surface area contributed by atoms with E-state index in [1.165, 1.54) is 0 Å². The van der Waals surface area contributed by atoms with Gasteiger partial charge in [0.05, 0.1) is 11.4 Å². The van der Waals surface area contributed by atoms with E-state index in [0.717, 1.165) is 71.8 Å². The van der Waals surface area contributed by atoms with Crippen LogP contribution in [0.25, 0.3) is 55.1 Å². The smallest absolute Gasteiger partial charge is 0.160 e. The maximum Gasteiger partial charge on any atom is 0.160 e. The van der Waals surface area contributed by atoms with Crippen molar-refractivity contribution in [2.45, 2.75) is 6.92 Å². The van der Waals surface area contributed by atoms with Gasteiger partial charge in [0.15, 0.2) is 5.84 Å². The van der Waals surface area contributed by atoms with Crippen LogP contribution in [0.4, 0.5) is 0 Å². The lowest BCUT2D eigenvalue weighted by molar-refractivity contribution is 0.766. The van der Waals surface area contributed by atoms with Crippen LogP contribution in [0.2, 0.25) is 0 Å². The maximum atomic E-state index is 5.14. The lowest BCUT2D eigenvalue weighted by atomic mass is 9.93. The lowest BCUT2D eigenvalue weighted by Gasteiger charge is -2.13. The maximum absolute atomic E-state index is 5.14. The van der Waals surface area contributed by atoms with Gasteiger partial charge in [-0.15, -0.1) is 10.2 Å². The fourth-order valence-corrected chi connectivity index (χ4v) is 6.19. The topological polar surface area (TPSA) is 55.4 Å². The molecule has 5 heteroatoms. The van der Waals surface area contributed by atoms with Crippen LogP contribution in [-0.2, 0) is 0 Å². The summed E-state index contributed by atoms with van der Waals surface area (Å²) in [7, 11) is 0. The van der Waals surface area contributed by atoms with Gasteiger partial charge in [-0.3, -0.25) is 0 Å². The monoisotopic (exact) mass is 617 g/mol. The van der Waals surface area contributed by atoms with E-state index in [-0.39, 0.29) is 0 Å². The molecule has 0 saturated carbocycles. The second-order valence-corrected chi connectivity index (χ2v) is 11.7. The molecule has 0 bridgehead atoms. The van der Waals surface area contributed by atoms with Crippen LogP contribution in [0.3, 0.4) is 0 Å². The summed E-state index contributed by atoms with van der Waals surface area (Å²) in [5.41, 5.74) is 9.30. The highest BCUT2D eigenvalue weighted by Crippen LogP contribution is 2.35. The Labute approximate surface area is 278 Å². The molecule has 0 amide bonds. The summed E-state index contributed by atoms with van der Waals surface area (Å²) in [5.74, 6) is 0.616. The van der Waals surface area contributed by atoms with Crippen molar-refractivity contribution in [1.29, 1.82) is 0 Å². The number of benzene rings is 7. The number of amidine groups is 1. The average Bonchev–Trinajstić information content (AvgIpc) is 3.60. The summed E-state index contributed by atoms with van der Waals surface area (Å²) in [5, 5.41) is 14.3. The second kappa shape index (κ2) is 12.4. The Bertz CT molecular complexity index is 2510. The van der Waals surface area contributed by atoms with Crippen LogP contribution >= 0.6 is 0 Å². The molecule has 0 aliphatic rings. The van der Waals surface area contributed by atoms with Crippen molar-refractivity contribution in [1.82, 2.24) is 15.0 Å². The average molecular weight is 618 g/mol. The van der Waals surface area contributed by atoms with Gasteiger partial charge in [-0.2, -0.15) is 4.80 Å². The first-order valence-corrected chi connectivity index (χ1v) is 15.9. The van der Waals surface area contributed by atoms with Crippen LogP contribution in [0.15, 0.2) is 174 Å². The number of hydrogen-bond donors (Lipinski definition) is 0. The summed E-state index contributed by atoms with van der Waals surface area (Å²) in [6.07, 6.45) is 0. The van der Waals surface area contributed by atoms with Gasteiger partial charge < -0.3 is 0 Å². The molecule has 0 radical (unpaired) electrons. The van der Waals surface area contributed by atoms with E-state index >= 15 is 0 Å². The molecule has 0 spiro atoms. The fourth-order valence-electron chi connectivity index (χ4n) is 6.19. The number of nitrogens with zero attached hydrogens (tertiary/aromatic N) is 5. The molecule has 7 aromatic carbocycles. The quantitative estimate of drug-likeness (QED) is 0.106. The molecular formula is C43H31N5. The van der Waals surface area contributed by atoms with Crippen molar-refractivity contribution in [2.24, 2.45) is 9.98 Å². The van der Waals surface area contributed by atoms with Gasteiger partial charge in [0, 0.05) is 22.2 Å². The Balaban J connectivity index is 1.26. The van der Waals surface area contributed by atoms with E-state index in [1.807, 2.05) is 104 Å². The van der Waals surface area contributed by atoms with E-state index < -0.39 is 0 Å². The minimum absolute atomic E-state index is 0.616. The molecular weight excluding hydrogens is 587 g/mol. The van der Waals surface area contributed by atoms with Crippen LogP contribution in [0.5, 0.6) is 0 Å². The minimum atomic E-state index is 0.616. The molecule has 1 heterocycles. The Morgan fingerprint density at radius 2 is 1.23 bits per heavy atom. The SMILES string of the molecule is C=C(/N=C(\N=C(/C)c1ccccc1-c1ccc2ccc3ccc4nn(-c5ccccc5)nc4c3c2c1)c1ccccc1)c1ccccc1. The molecule has 0 N–H and O–H groups in total. The molecule has 0 fully saturated rings. The molecule has 0 aliphatic heterocycles. The van der Waals surface area contributed by atoms with Gasteiger partial charge in [-0.1, -0.05) is 140 Å². The van der Waals surface area contributed by atoms with E-state index in [2.05, 4.69) is 67.2 Å². The number of rotatable bonds is 6. The lowest BCUT2D eigenvalue weighted by Crippen LogP contribution is -2.05. The van der Waals surface area contributed by atoms with Crippen molar-refractivity contribution in [3.63, 3.8) is 0 Å². The molecule has 5 nitrogen and oxygen atoms in total. The third kappa shape index (κ3) is 5.48. The Morgan fingerprint density at radius 3 is 2.00 bits per heavy atom. The normalized spacial score (nSPS) is 12.2. The van der Waals surface area contributed by atoms with Crippen LogP contribution in [-0.4, -0.2) is 26.5 Å². The summed E-state index contributed by atoms with van der Waals surface area (Å²) < 4.78 is 0. The predicted molar refractivity (Wildman–Crippen MR) is 200 cm³/mol. The van der Waals surface area contributed by atoms with Crippen molar-refractivity contribution >= 4 is 49.8 Å². The van der Waals surface area contributed by atoms with Gasteiger partial charge in [0.1, 0.15) is 11.0 Å². The summed E-state index contributed by atoms with van der Waals surface area (Å²) >= 11 is 0. The van der Waals surface area contributed by atoms with Crippen LogP contribution in [0, 0.1) is 0 Å². The van der Waals surface area contributed by atoms with Crippen molar-refractivity contribution in [3.8, 4) is 16.8 Å². The number of aromatic nitrogens is 3. The Hall–Kier alpha value is -6.46. The zero-order valence-electron chi connectivity index (χ0n) is 26.5. The highest BCUT2D eigenvalue weighted by molar-refractivity contribution is 6.19. The molecule has 1 aromatic heterocycles. The zero-order chi connectivity index (χ0) is 32.5. The molecule has 8 rings (SSSR count). The van der Waals surface area contributed by atoms with Gasteiger partial charge in [0.25, 0.3) is 0 Å². The number of aliphatic imine (C=N–C) groups is 2. The predicted octanol–water partition coefficient (Wildman–Crippen LogP) is 10.3. The van der Waals surface area contributed by atoms with E-state index in [0.29, 0.717) is 11.5 Å². The molecule has 0 atom stereocenters. The van der Waals surface area contributed by atoms with E-state index in [9.17, 15) is 0 Å². The second-order valence-electron chi connectivity index (χ2n) is 11.7. The zero-order valence-corrected chi connectivity index (χ0v) is 26.5. The molecule has 0 unspecified atom stereocenters. The Kier molecular flexibility index (Phi) is 7.48. The summed E-state index contributed by atoms with van der Waals surface area (Å²) in [4.78, 5) is 11.8. The Morgan fingerprint density at radius 1 is 0.604 bits per heavy atom. The highest BCUT2D eigenvalue weighted by Gasteiger charge is 2.15. The summed E-state index contributed by atoms with van der Waals surface area (Å²) in [6.45, 7) is 6.31. The molecule has 8 aromatic rings. The first kappa shape index (κ1) is 29.0. The van der Waals surface area contributed by atoms with Gasteiger partial charge >= 0.3 is 0 Å². The number of hydrogen-bond acceptors (Lipinski definition) is 3. The fraction of sp³-hybridized carbons (Fsp3) is 0.0233. The van der Waals surface area contributed by atoms with Gasteiger partial charge in [0.2, 0.25) is 0 Å². The van der Waals surface area contributed by atoms with Gasteiger partial charge in [-0.25, -0.2) is 9.98 Å². The van der Waals surface area contributed by atoms with Crippen molar-refractivity contribution < 1.29 is 0 Å². The number of fused-ring (bicyclic) bond motifs is 5. The summed E-state index contributed by atoms with van der Waals surface area (Å²) in [6, 6.07) is 53.7. The first-order valence-electron chi connectivity index (χ1n) is 15.9. The van der Waals surface area contributed by atoms with Crippen molar-refractivity contribution in [2.75, 3.05) is 0 Å². The molecule has 0 saturated heterocycles. The van der Waals surface area contributed by atoms with Crippen LogP contribution in [0.1, 0.15) is 23.6 Å². The van der Waals surface area contributed by atoms with Gasteiger partial charge in [-0.05, 0) is 64.0 Å². The molecule has 0 aliphatic carbocycles. The highest BCUT2D eigenvalue weighted by atomic mass is 15.5. The van der Waals surface area contributed by atoms with Crippen molar-refractivity contribution in [3.05, 3.63) is 181 Å². The third-order valence-electron chi connectivity index (χ3n) is 8.62. The standard InChI is InChI=1S/C43H31N5/c1-29(31-14-6-3-7-15-31)44-43(34-16-8-4-9-17-34)45-30(2)37-20-12-13-21-38(37)35-25-23-32-22-24-33-26-27-40-42(41(33)39(32)28-35)47-48(46-40)36-18-10-5-11-19-36/h3-28H,1H2,2H3/b44-43-,45-30+. The number of para-hydroxylation sites is 1. The largest absolute Gasteiger partial charge is 0.233 e. The van der Waals surface area contributed by atoms with E-state index in [1.54, 1.807) is 4.80 Å². The molecule has 228 valence electrons.